The Balaban J connectivity index is 1.78. The molecule has 0 amide bonds. The van der Waals surface area contributed by atoms with Gasteiger partial charge in [0.05, 0.1) is 6.54 Å². The Morgan fingerprint density at radius 2 is 1.95 bits per heavy atom. The Hall–Kier alpha value is -2.00. The van der Waals surface area contributed by atoms with Gasteiger partial charge in [0.25, 0.3) is 0 Å². The molecule has 2 aromatic rings. The highest BCUT2D eigenvalue weighted by Gasteiger charge is 1.99. The van der Waals surface area contributed by atoms with Crippen molar-refractivity contribution in [1.29, 1.82) is 0 Å². The predicted molar refractivity (Wildman–Crippen MR) is 76.1 cm³/mol. The van der Waals surface area contributed by atoms with Crippen LogP contribution in [0.1, 0.15) is 17.1 Å². The summed E-state index contributed by atoms with van der Waals surface area (Å²) in [4.78, 5) is 0. The molecular weight excluding hydrogens is 238 g/mol. The molecule has 0 spiro atoms. The maximum absolute atomic E-state index is 5.49. The lowest BCUT2D eigenvalue weighted by atomic mass is 10.2. The average Bonchev–Trinajstić information content (AvgIpc) is 2.84. The van der Waals surface area contributed by atoms with Crippen molar-refractivity contribution in [2.24, 2.45) is 0 Å². The Bertz CT molecular complexity index is 514. The predicted octanol–water partition coefficient (Wildman–Crippen LogP) is 3.44. The zero-order chi connectivity index (χ0) is 13.5. The number of aryl methyl sites for hydroxylation is 1. The van der Waals surface area contributed by atoms with Crippen LogP contribution in [0.4, 0.5) is 0 Å². The molecule has 2 rings (SSSR count). The SMILES string of the molecule is C=CCOc1ccc(CNCc2ccc(C)o2)cc1. The molecule has 0 saturated carbocycles. The van der Waals surface area contributed by atoms with E-state index >= 15 is 0 Å². The molecule has 1 aromatic carbocycles. The van der Waals surface area contributed by atoms with Crippen molar-refractivity contribution < 1.29 is 9.15 Å². The highest BCUT2D eigenvalue weighted by Crippen LogP contribution is 2.12. The minimum absolute atomic E-state index is 0.537. The summed E-state index contributed by atoms with van der Waals surface area (Å²) in [5.41, 5.74) is 1.22. The number of rotatable bonds is 7. The number of benzene rings is 1. The van der Waals surface area contributed by atoms with Gasteiger partial charge in [0.15, 0.2) is 0 Å². The van der Waals surface area contributed by atoms with E-state index < -0.39 is 0 Å². The molecular formula is C16H19NO2. The largest absolute Gasteiger partial charge is 0.490 e. The van der Waals surface area contributed by atoms with Crippen LogP contribution in [0.25, 0.3) is 0 Å². The lowest BCUT2D eigenvalue weighted by molar-refractivity contribution is 0.363. The molecule has 1 heterocycles. The van der Waals surface area contributed by atoms with E-state index in [1.165, 1.54) is 5.56 Å². The lowest BCUT2D eigenvalue weighted by Gasteiger charge is -2.06. The molecule has 1 aromatic heterocycles. The standard InChI is InChI=1S/C16H19NO2/c1-3-10-18-15-8-5-14(6-9-15)11-17-12-16-7-4-13(2)19-16/h3-9,17H,1,10-12H2,2H3. The molecule has 0 atom stereocenters. The first kappa shape index (κ1) is 13.4. The fraction of sp³-hybridized carbons (Fsp3) is 0.250. The van der Waals surface area contributed by atoms with Gasteiger partial charge in [-0.1, -0.05) is 24.8 Å². The van der Waals surface area contributed by atoms with E-state index in [0.29, 0.717) is 6.61 Å². The fourth-order valence-electron chi connectivity index (χ4n) is 1.77. The normalized spacial score (nSPS) is 10.4. The first-order chi connectivity index (χ1) is 9.28. The zero-order valence-corrected chi connectivity index (χ0v) is 11.2. The van der Waals surface area contributed by atoms with Crippen LogP contribution in [0.3, 0.4) is 0 Å². The third kappa shape index (κ3) is 4.30. The quantitative estimate of drug-likeness (QED) is 0.771. The molecule has 19 heavy (non-hydrogen) atoms. The van der Waals surface area contributed by atoms with Gasteiger partial charge in [0.2, 0.25) is 0 Å². The van der Waals surface area contributed by atoms with Gasteiger partial charge >= 0.3 is 0 Å². The van der Waals surface area contributed by atoms with Crippen molar-refractivity contribution >= 4 is 0 Å². The highest BCUT2D eigenvalue weighted by atomic mass is 16.5. The molecule has 100 valence electrons. The van der Waals surface area contributed by atoms with Gasteiger partial charge in [-0.15, -0.1) is 0 Å². The van der Waals surface area contributed by atoms with Crippen molar-refractivity contribution in [1.82, 2.24) is 5.32 Å². The van der Waals surface area contributed by atoms with Crippen LogP contribution >= 0.6 is 0 Å². The average molecular weight is 257 g/mol. The van der Waals surface area contributed by atoms with Crippen LogP contribution in [0, 0.1) is 6.92 Å². The second kappa shape index (κ2) is 6.81. The van der Waals surface area contributed by atoms with Crippen LogP contribution in [0.15, 0.2) is 53.5 Å². The number of nitrogens with one attached hydrogen (secondary N) is 1. The Labute approximate surface area is 113 Å². The van der Waals surface area contributed by atoms with Crippen molar-refractivity contribution in [3.63, 3.8) is 0 Å². The number of furan rings is 1. The molecule has 1 N–H and O–H groups in total. The van der Waals surface area contributed by atoms with Crippen molar-refractivity contribution in [2.45, 2.75) is 20.0 Å². The molecule has 0 aliphatic heterocycles. The summed E-state index contributed by atoms with van der Waals surface area (Å²) >= 11 is 0. The summed E-state index contributed by atoms with van der Waals surface area (Å²) in [5.74, 6) is 2.77. The van der Waals surface area contributed by atoms with Crippen molar-refractivity contribution in [3.8, 4) is 5.75 Å². The summed E-state index contributed by atoms with van der Waals surface area (Å²) < 4.78 is 10.9. The van der Waals surface area contributed by atoms with Gasteiger partial charge in [-0.3, -0.25) is 0 Å². The number of hydrogen-bond acceptors (Lipinski definition) is 3. The maximum Gasteiger partial charge on any atom is 0.119 e. The van der Waals surface area contributed by atoms with E-state index in [0.717, 1.165) is 30.4 Å². The molecule has 0 radical (unpaired) electrons. The topological polar surface area (TPSA) is 34.4 Å². The number of hydrogen-bond donors (Lipinski definition) is 1. The van der Waals surface area contributed by atoms with Crippen LogP contribution in [0.5, 0.6) is 5.75 Å². The molecule has 0 unspecified atom stereocenters. The minimum atomic E-state index is 0.537. The number of ether oxygens (including phenoxy) is 1. The second-order valence-electron chi connectivity index (χ2n) is 4.36. The van der Waals surface area contributed by atoms with Crippen molar-refractivity contribution in [2.75, 3.05) is 6.61 Å². The molecule has 0 saturated heterocycles. The zero-order valence-electron chi connectivity index (χ0n) is 11.2. The molecule has 0 aliphatic carbocycles. The Kier molecular flexibility index (Phi) is 4.81. The fourth-order valence-corrected chi connectivity index (χ4v) is 1.77. The Morgan fingerprint density at radius 3 is 2.58 bits per heavy atom. The van der Waals surface area contributed by atoms with E-state index in [1.54, 1.807) is 6.08 Å². The van der Waals surface area contributed by atoms with Crippen LogP contribution < -0.4 is 10.1 Å². The molecule has 0 aliphatic rings. The van der Waals surface area contributed by atoms with Gasteiger partial charge in [0.1, 0.15) is 23.9 Å². The molecule has 3 heteroatoms. The highest BCUT2D eigenvalue weighted by molar-refractivity contribution is 5.27. The van der Waals surface area contributed by atoms with Crippen LogP contribution in [0.2, 0.25) is 0 Å². The van der Waals surface area contributed by atoms with E-state index in [4.69, 9.17) is 9.15 Å². The van der Waals surface area contributed by atoms with Crippen LogP contribution in [-0.2, 0) is 13.1 Å². The van der Waals surface area contributed by atoms with Gasteiger partial charge in [-0.05, 0) is 36.8 Å². The molecule has 0 bridgehead atoms. The van der Waals surface area contributed by atoms with Gasteiger partial charge in [-0.2, -0.15) is 0 Å². The first-order valence-corrected chi connectivity index (χ1v) is 6.36. The summed E-state index contributed by atoms with van der Waals surface area (Å²) in [6, 6.07) is 12.0. The van der Waals surface area contributed by atoms with Gasteiger partial charge in [0, 0.05) is 6.54 Å². The molecule has 3 nitrogen and oxygen atoms in total. The summed E-state index contributed by atoms with van der Waals surface area (Å²) in [6.45, 7) is 7.65. The summed E-state index contributed by atoms with van der Waals surface area (Å²) in [7, 11) is 0. The van der Waals surface area contributed by atoms with Gasteiger partial charge in [-0.25, -0.2) is 0 Å². The van der Waals surface area contributed by atoms with Crippen LogP contribution in [-0.4, -0.2) is 6.61 Å². The third-order valence-corrected chi connectivity index (χ3v) is 2.72. The molecule has 0 fully saturated rings. The first-order valence-electron chi connectivity index (χ1n) is 6.36. The van der Waals surface area contributed by atoms with E-state index in [-0.39, 0.29) is 0 Å². The maximum atomic E-state index is 5.49. The summed E-state index contributed by atoms with van der Waals surface area (Å²) in [6.07, 6.45) is 1.74. The van der Waals surface area contributed by atoms with Crippen molar-refractivity contribution in [3.05, 3.63) is 66.1 Å². The van der Waals surface area contributed by atoms with Gasteiger partial charge < -0.3 is 14.5 Å². The summed E-state index contributed by atoms with van der Waals surface area (Å²) in [5, 5.41) is 3.34. The third-order valence-electron chi connectivity index (χ3n) is 2.72. The van der Waals surface area contributed by atoms with E-state index in [2.05, 4.69) is 24.0 Å². The Morgan fingerprint density at radius 1 is 1.16 bits per heavy atom. The minimum Gasteiger partial charge on any atom is -0.490 e. The lowest BCUT2D eigenvalue weighted by Crippen LogP contribution is -2.12. The second-order valence-corrected chi connectivity index (χ2v) is 4.36. The smallest absolute Gasteiger partial charge is 0.119 e. The van der Waals surface area contributed by atoms with E-state index in [9.17, 15) is 0 Å². The van der Waals surface area contributed by atoms with E-state index in [1.807, 2.05) is 31.2 Å². The monoisotopic (exact) mass is 257 g/mol.